The minimum atomic E-state index is -0.321. The third-order valence-corrected chi connectivity index (χ3v) is 4.33. The van der Waals surface area contributed by atoms with Gasteiger partial charge in [0, 0.05) is 24.6 Å². The van der Waals surface area contributed by atoms with Crippen molar-refractivity contribution in [2.75, 3.05) is 13.1 Å². The lowest BCUT2D eigenvalue weighted by molar-refractivity contribution is -0.131. The van der Waals surface area contributed by atoms with Gasteiger partial charge in [-0.15, -0.1) is 0 Å². The second kappa shape index (κ2) is 6.83. The fraction of sp³-hybridized carbons (Fsp3) is 0.389. The first-order chi connectivity index (χ1) is 11.6. The summed E-state index contributed by atoms with van der Waals surface area (Å²) in [7, 11) is 0. The average molecular weight is 327 g/mol. The highest BCUT2D eigenvalue weighted by atomic mass is 19.1. The van der Waals surface area contributed by atoms with Crippen LogP contribution in [0.15, 0.2) is 28.7 Å². The van der Waals surface area contributed by atoms with Crippen LogP contribution in [0, 0.1) is 30.0 Å². The van der Waals surface area contributed by atoms with Crippen LogP contribution in [0.1, 0.15) is 24.3 Å². The van der Waals surface area contributed by atoms with E-state index in [1.54, 1.807) is 24.0 Å². The zero-order valence-electron chi connectivity index (χ0n) is 13.5. The second-order valence-corrected chi connectivity index (χ2v) is 5.99. The normalized spacial score (nSPS) is 15.3. The number of oxazole rings is 1. The molecule has 0 aliphatic carbocycles. The summed E-state index contributed by atoms with van der Waals surface area (Å²) in [6.45, 7) is 2.99. The maximum Gasteiger partial charge on any atom is 0.228 e. The van der Waals surface area contributed by atoms with Gasteiger partial charge in [0.1, 0.15) is 11.6 Å². The number of likely N-dealkylation sites (tertiary alicyclic amines) is 1. The number of rotatable bonds is 3. The summed E-state index contributed by atoms with van der Waals surface area (Å²) < 4.78 is 18.6. The zero-order chi connectivity index (χ0) is 17.1. The topological polar surface area (TPSA) is 70.1 Å². The number of nitriles is 1. The van der Waals surface area contributed by atoms with Gasteiger partial charge in [-0.05, 0) is 44.0 Å². The van der Waals surface area contributed by atoms with Gasteiger partial charge < -0.3 is 9.32 Å². The summed E-state index contributed by atoms with van der Waals surface area (Å²) in [4.78, 5) is 18.6. The molecule has 1 aromatic carbocycles. The highest BCUT2D eigenvalue weighted by Crippen LogP contribution is 2.23. The predicted octanol–water partition coefficient (Wildman–Crippen LogP) is 3.09. The van der Waals surface area contributed by atoms with Gasteiger partial charge in [-0.2, -0.15) is 5.26 Å². The van der Waals surface area contributed by atoms with Gasteiger partial charge in [0.2, 0.25) is 11.8 Å². The van der Waals surface area contributed by atoms with Crippen molar-refractivity contribution in [3.05, 3.63) is 41.5 Å². The standard InChI is InChI=1S/C18H18FN3O2/c1-12-16(10-17(23)22-8-6-13(11-20)7-9-22)21-18(24-12)14-2-4-15(19)5-3-14/h2-5,13H,6-10H2,1H3. The SMILES string of the molecule is Cc1oc(-c2ccc(F)cc2)nc1CC(=O)N1CCC(C#N)CC1. The summed E-state index contributed by atoms with van der Waals surface area (Å²) in [5.74, 6) is 0.702. The van der Waals surface area contributed by atoms with Gasteiger partial charge in [-0.1, -0.05) is 0 Å². The fourth-order valence-electron chi connectivity index (χ4n) is 2.82. The van der Waals surface area contributed by atoms with E-state index in [2.05, 4.69) is 11.1 Å². The minimum Gasteiger partial charge on any atom is -0.441 e. The van der Waals surface area contributed by atoms with Crippen molar-refractivity contribution >= 4 is 5.91 Å². The molecule has 6 heteroatoms. The molecule has 3 rings (SSSR count). The highest BCUT2D eigenvalue weighted by Gasteiger charge is 2.24. The first-order valence-corrected chi connectivity index (χ1v) is 7.96. The Morgan fingerprint density at radius 2 is 2.04 bits per heavy atom. The molecule has 2 heterocycles. The van der Waals surface area contributed by atoms with Gasteiger partial charge in [0.05, 0.1) is 18.2 Å². The summed E-state index contributed by atoms with van der Waals surface area (Å²) >= 11 is 0. The van der Waals surface area contributed by atoms with Crippen molar-refractivity contribution in [3.63, 3.8) is 0 Å². The lowest BCUT2D eigenvalue weighted by atomic mass is 9.98. The first kappa shape index (κ1) is 16.2. The van der Waals surface area contributed by atoms with E-state index < -0.39 is 0 Å². The van der Waals surface area contributed by atoms with Crippen LogP contribution >= 0.6 is 0 Å². The summed E-state index contributed by atoms with van der Waals surface area (Å²) in [6.07, 6.45) is 1.62. The van der Waals surface area contributed by atoms with Crippen LogP contribution < -0.4 is 0 Å². The number of benzene rings is 1. The van der Waals surface area contributed by atoms with Crippen LogP contribution in [0.25, 0.3) is 11.5 Å². The Labute approximate surface area is 139 Å². The summed E-state index contributed by atoms with van der Waals surface area (Å²) in [6, 6.07) is 8.14. The number of aromatic nitrogens is 1. The molecule has 0 spiro atoms. The van der Waals surface area contributed by atoms with E-state index in [0.717, 1.165) is 12.8 Å². The molecule has 0 bridgehead atoms. The molecule has 2 aromatic rings. The van der Waals surface area contributed by atoms with E-state index in [0.29, 0.717) is 36.0 Å². The highest BCUT2D eigenvalue weighted by molar-refractivity contribution is 5.78. The quantitative estimate of drug-likeness (QED) is 0.868. The van der Waals surface area contributed by atoms with Crippen LogP contribution in [-0.2, 0) is 11.2 Å². The predicted molar refractivity (Wildman–Crippen MR) is 85.3 cm³/mol. The molecule has 124 valence electrons. The maximum absolute atomic E-state index is 13.0. The number of nitrogens with zero attached hydrogens (tertiary/aromatic N) is 3. The monoisotopic (exact) mass is 327 g/mol. The van der Waals surface area contributed by atoms with Crippen LogP contribution in [0.5, 0.6) is 0 Å². The Hall–Kier alpha value is -2.68. The largest absolute Gasteiger partial charge is 0.441 e. The van der Waals surface area contributed by atoms with E-state index in [9.17, 15) is 9.18 Å². The Morgan fingerprint density at radius 1 is 1.38 bits per heavy atom. The average Bonchev–Trinajstić information content (AvgIpc) is 2.96. The maximum atomic E-state index is 13.0. The van der Waals surface area contributed by atoms with Crippen LogP contribution in [0.4, 0.5) is 4.39 Å². The van der Waals surface area contributed by atoms with E-state index in [4.69, 9.17) is 9.68 Å². The smallest absolute Gasteiger partial charge is 0.228 e. The van der Waals surface area contributed by atoms with Crippen LogP contribution in [0.3, 0.4) is 0 Å². The molecule has 1 saturated heterocycles. The fourth-order valence-corrected chi connectivity index (χ4v) is 2.82. The number of amides is 1. The van der Waals surface area contributed by atoms with E-state index in [1.807, 2.05) is 0 Å². The number of carbonyl (C=O) groups excluding carboxylic acids is 1. The third kappa shape index (κ3) is 3.46. The molecule has 0 unspecified atom stereocenters. The van der Waals surface area contributed by atoms with Crippen molar-refractivity contribution in [2.24, 2.45) is 5.92 Å². The molecule has 1 fully saturated rings. The number of aryl methyl sites for hydroxylation is 1. The lowest BCUT2D eigenvalue weighted by Gasteiger charge is -2.29. The summed E-state index contributed by atoms with van der Waals surface area (Å²) in [5.41, 5.74) is 1.27. The Kier molecular flexibility index (Phi) is 4.61. The van der Waals surface area contributed by atoms with Crippen molar-refractivity contribution in [3.8, 4) is 17.5 Å². The van der Waals surface area contributed by atoms with Crippen LogP contribution in [-0.4, -0.2) is 28.9 Å². The molecule has 1 aliphatic heterocycles. The molecule has 1 amide bonds. The molecule has 5 nitrogen and oxygen atoms in total. The van der Waals surface area contributed by atoms with Crippen molar-refractivity contribution < 1.29 is 13.6 Å². The van der Waals surface area contributed by atoms with Crippen LogP contribution in [0.2, 0.25) is 0 Å². The molecule has 0 N–H and O–H groups in total. The molecule has 0 saturated carbocycles. The number of hydrogen-bond acceptors (Lipinski definition) is 4. The lowest BCUT2D eigenvalue weighted by Crippen LogP contribution is -2.39. The first-order valence-electron chi connectivity index (χ1n) is 7.96. The molecular weight excluding hydrogens is 309 g/mol. The van der Waals surface area contributed by atoms with Crippen molar-refractivity contribution in [2.45, 2.75) is 26.2 Å². The number of hydrogen-bond donors (Lipinski definition) is 0. The molecule has 0 radical (unpaired) electrons. The Balaban J connectivity index is 1.68. The number of carbonyl (C=O) groups is 1. The van der Waals surface area contributed by atoms with Gasteiger partial charge in [0.15, 0.2) is 0 Å². The van der Waals surface area contributed by atoms with E-state index in [1.165, 1.54) is 12.1 Å². The molecule has 1 aromatic heterocycles. The molecule has 0 atom stereocenters. The number of piperidine rings is 1. The zero-order valence-corrected chi connectivity index (χ0v) is 13.5. The molecule has 24 heavy (non-hydrogen) atoms. The van der Waals surface area contributed by atoms with Crippen molar-refractivity contribution in [1.29, 1.82) is 5.26 Å². The minimum absolute atomic E-state index is 0.00607. The van der Waals surface area contributed by atoms with Gasteiger partial charge in [-0.25, -0.2) is 9.37 Å². The third-order valence-electron chi connectivity index (χ3n) is 4.33. The summed E-state index contributed by atoms with van der Waals surface area (Å²) in [5, 5.41) is 8.92. The van der Waals surface area contributed by atoms with Gasteiger partial charge in [-0.3, -0.25) is 4.79 Å². The van der Waals surface area contributed by atoms with E-state index in [-0.39, 0.29) is 24.1 Å². The van der Waals surface area contributed by atoms with Crippen molar-refractivity contribution in [1.82, 2.24) is 9.88 Å². The van der Waals surface area contributed by atoms with Gasteiger partial charge >= 0.3 is 0 Å². The van der Waals surface area contributed by atoms with E-state index >= 15 is 0 Å². The molecular formula is C18H18FN3O2. The number of halogens is 1. The Bertz CT molecular complexity index is 769. The second-order valence-electron chi connectivity index (χ2n) is 5.99. The Morgan fingerprint density at radius 3 is 2.67 bits per heavy atom. The van der Waals surface area contributed by atoms with Gasteiger partial charge in [0.25, 0.3) is 0 Å². The molecule has 1 aliphatic rings.